The number of fused-ring (bicyclic) bond motifs is 10. The first-order valence-electron chi connectivity index (χ1n) is 22.5. The van der Waals surface area contributed by atoms with Gasteiger partial charge in [0.2, 0.25) is 0 Å². The number of hydrogen-bond acceptors (Lipinski definition) is 5. The van der Waals surface area contributed by atoms with Crippen molar-refractivity contribution in [3.05, 3.63) is 218 Å². The van der Waals surface area contributed by atoms with Crippen LogP contribution in [0.15, 0.2) is 223 Å². The maximum absolute atomic E-state index is 6.97. The van der Waals surface area contributed by atoms with E-state index in [0.29, 0.717) is 17.5 Å². The van der Waals surface area contributed by atoms with Gasteiger partial charge < -0.3 is 8.98 Å². The molecule has 0 amide bonds. The van der Waals surface area contributed by atoms with Crippen LogP contribution in [-0.4, -0.2) is 19.5 Å². The molecule has 10 aromatic carbocycles. The molecule has 0 saturated carbocycles. The monoisotopic (exact) mass is 872 g/mol. The van der Waals surface area contributed by atoms with Gasteiger partial charge in [-0.2, -0.15) is 0 Å². The molecular weight excluding hydrogens is 837 g/mol. The lowest BCUT2D eigenvalue weighted by Crippen LogP contribution is -2.00. The smallest absolute Gasteiger partial charge is 0.164 e. The van der Waals surface area contributed by atoms with Gasteiger partial charge in [0.25, 0.3) is 0 Å². The lowest BCUT2D eigenvalue weighted by molar-refractivity contribution is 0.669. The average molecular weight is 873 g/mol. The summed E-state index contributed by atoms with van der Waals surface area (Å²) >= 11 is 1.86. The largest absolute Gasteiger partial charge is 0.456 e. The fraction of sp³-hybridized carbons (Fsp3) is 0. The van der Waals surface area contributed by atoms with Crippen LogP contribution >= 0.6 is 11.3 Å². The van der Waals surface area contributed by atoms with E-state index < -0.39 is 0 Å². The van der Waals surface area contributed by atoms with Crippen LogP contribution < -0.4 is 0 Å². The highest BCUT2D eigenvalue weighted by atomic mass is 32.1. The number of rotatable bonds is 6. The van der Waals surface area contributed by atoms with Gasteiger partial charge in [-0.15, -0.1) is 11.3 Å². The van der Waals surface area contributed by atoms with E-state index in [1.807, 2.05) is 35.6 Å². The van der Waals surface area contributed by atoms with Gasteiger partial charge in [-0.3, -0.25) is 0 Å². The van der Waals surface area contributed by atoms with Crippen molar-refractivity contribution in [2.24, 2.45) is 0 Å². The third kappa shape index (κ3) is 6.18. The van der Waals surface area contributed by atoms with E-state index in [9.17, 15) is 0 Å². The minimum absolute atomic E-state index is 0.580. The average Bonchev–Trinajstić information content (AvgIpc) is 4.07. The van der Waals surface area contributed by atoms with E-state index in [1.165, 1.54) is 42.1 Å². The predicted octanol–water partition coefficient (Wildman–Crippen LogP) is 16.7. The third-order valence-corrected chi connectivity index (χ3v) is 14.4. The van der Waals surface area contributed by atoms with Crippen LogP contribution in [0.4, 0.5) is 0 Å². The van der Waals surface area contributed by atoms with E-state index in [-0.39, 0.29) is 0 Å². The molecule has 0 aliphatic carbocycles. The first-order valence-corrected chi connectivity index (χ1v) is 23.3. The van der Waals surface area contributed by atoms with E-state index in [0.717, 1.165) is 77.2 Å². The Kier molecular flexibility index (Phi) is 8.38. The van der Waals surface area contributed by atoms with Crippen molar-refractivity contribution >= 4 is 86.0 Å². The van der Waals surface area contributed by atoms with Gasteiger partial charge in [-0.05, 0) is 93.7 Å². The highest BCUT2D eigenvalue weighted by molar-refractivity contribution is 7.25. The number of aromatic nitrogens is 4. The lowest BCUT2D eigenvalue weighted by Gasteiger charge is -2.11. The van der Waals surface area contributed by atoms with Gasteiger partial charge >= 0.3 is 0 Å². The molecule has 0 atom stereocenters. The SMILES string of the molecule is c1ccc(-c2cc(-c3nc(-c4ccccc4)nc(-c4ccc5ccccc5c4)n3)c3c(c2)oc2cc(-n4c5ccccc5c5cc(-c6ccc7c(c6)sc6ccccc67)ccc54)ccc23)cc1. The summed E-state index contributed by atoms with van der Waals surface area (Å²) < 4.78 is 11.9. The number of hydrogen-bond donors (Lipinski definition) is 0. The Morgan fingerprint density at radius 3 is 1.85 bits per heavy atom. The normalized spacial score (nSPS) is 11.9. The summed E-state index contributed by atoms with van der Waals surface area (Å²) in [7, 11) is 0. The van der Waals surface area contributed by atoms with Crippen molar-refractivity contribution in [2.75, 3.05) is 0 Å². The number of furan rings is 1. The van der Waals surface area contributed by atoms with Crippen molar-refractivity contribution < 1.29 is 4.42 Å². The number of para-hydroxylation sites is 1. The highest BCUT2D eigenvalue weighted by Gasteiger charge is 2.22. The van der Waals surface area contributed by atoms with E-state index in [4.69, 9.17) is 19.4 Å². The second-order valence-corrected chi connectivity index (χ2v) is 18.3. The molecule has 0 radical (unpaired) electrons. The highest BCUT2D eigenvalue weighted by Crippen LogP contribution is 2.43. The molecule has 0 N–H and O–H groups in total. The molecule has 6 heteroatoms. The Bertz CT molecular complexity index is 4280. The van der Waals surface area contributed by atoms with Gasteiger partial charge in [-0.1, -0.05) is 152 Å². The molecule has 312 valence electrons. The summed E-state index contributed by atoms with van der Waals surface area (Å²) in [5.74, 6) is 1.80. The van der Waals surface area contributed by atoms with E-state index in [1.54, 1.807) is 0 Å². The van der Waals surface area contributed by atoms with Crippen molar-refractivity contribution in [1.82, 2.24) is 19.5 Å². The molecule has 4 aromatic heterocycles. The van der Waals surface area contributed by atoms with Gasteiger partial charge in [0.05, 0.1) is 11.0 Å². The van der Waals surface area contributed by atoms with Gasteiger partial charge in [0.15, 0.2) is 17.5 Å². The maximum Gasteiger partial charge on any atom is 0.164 e. The van der Waals surface area contributed by atoms with Crippen LogP contribution in [-0.2, 0) is 0 Å². The van der Waals surface area contributed by atoms with Crippen molar-refractivity contribution in [3.8, 4) is 62.1 Å². The Hall–Kier alpha value is -8.71. The van der Waals surface area contributed by atoms with E-state index in [2.05, 4.69) is 199 Å². The number of benzene rings is 10. The summed E-state index contributed by atoms with van der Waals surface area (Å²) in [4.78, 5) is 15.6. The molecule has 14 aromatic rings. The Balaban J connectivity index is 0.952. The second kappa shape index (κ2) is 14.9. The van der Waals surface area contributed by atoms with Gasteiger partial charge in [-0.25, -0.2) is 15.0 Å². The molecule has 0 fully saturated rings. The number of nitrogens with zero attached hydrogens (tertiary/aromatic N) is 4. The third-order valence-electron chi connectivity index (χ3n) is 13.2. The predicted molar refractivity (Wildman–Crippen MR) is 279 cm³/mol. The quantitative estimate of drug-likeness (QED) is 0.167. The molecule has 0 aliphatic rings. The van der Waals surface area contributed by atoms with Crippen molar-refractivity contribution in [3.63, 3.8) is 0 Å². The first-order chi connectivity index (χ1) is 33.2. The standard InChI is InChI=1S/C61H36N4OS/c1-3-13-37(14-4-1)44-33-51(61-63-59(39-16-5-2-6-17-39)62-60(64-61)43-24-23-38-15-7-8-18-40(38)31-43)58-49-29-27-45(36-54(49)66-55(58)34-44)65-52-21-11-9-19-46(52)50-32-41(26-30-53(50)65)42-25-28-48-47-20-10-12-22-56(47)67-57(48)35-42/h1-36H. The van der Waals surface area contributed by atoms with Crippen LogP contribution in [0, 0.1) is 0 Å². The van der Waals surface area contributed by atoms with E-state index >= 15 is 0 Å². The molecule has 14 rings (SSSR count). The summed E-state index contributed by atoms with van der Waals surface area (Å²) in [6.07, 6.45) is 0. The molecule has 0 aliphatic heterocycles. The van der Waals surface area contributed by atoms with Crippen LogP contribution in [0.5, 0.6) is 0 Å². The minimum atomic E-state index is 0.580. The Labute approximate surface area is 388 Å². The zero-order valence-electron chi connectivity index (χ0n) is 35.9. The fourth-order valence-corrected chi connectivity index (χ4v) is 11.2. The Morgan fingerprint density at radius 2 is 0.985 bits per heavy atom. The molecule has 0 saturated heterocycles. The van der Waals surface area contributed by atoms with Crippen LogP contribution in [0.25, 0.3) is 137 Å². The van der Waals surface area contributed by atoms with Crippen LogP contribution in [0.1, 0.15) is 0 Å². The lowest BCUT2D eigenvalue weighted by atomic mass is 9.98. The maximum atomic E-state index is 6.97. The molecule has 0 spiro atoms. The molecular formula is C61H36N4OS. The second-order valence-electron chi connectivity index (χ2n) is 17.2. The summed E-state index contributed by atoms with van der Waals surface area (Å²) in [5, 5.41) is 9.26. The zero-order valence-corrected chi connectivity index (χ0v) is 36.7. The molecule has 0 bridgehead atoms. The van der Waals surface area contributed by atoms with Crippen molar-refractivity contribution in [2.45, 2.75) is 0 Å². The van der Waals surface area contributed by atoms with Gasteiger partial charge in [0, 0.05) is 70.2 Å². The van der Waals surface area contributed by atoms with Crippen molar-refractivity contribution in [1.29, 1.82) is 0 Å². The molecule has 4 heterocycles. The summed E-state index contributed by atoms with van der Waals surface area (Å²) in [5.41, 5.74) is 12.1. The van der Waals surface area contributed by atoms with Gasteiger partial charge in [0.1, 0.15) is 11.2 Å². The topological polar surface area (TPSA) is 56.7 Å². The first kappa shape index (κ1) is 37.6. The zero-order chi connectivity index (χ0) is 44.0. The molecule has 0 unspecified atom stereocenters. The summed E-state index contributed by atoms with van der Waals surface area (Å²) in [6.45, 7) is 0. The number of thiophene rings is 1. The summed E-state index contributed by atoms with van der Waals surface area (Å²) in [6, 6.07) is 77.4. The minimum Gasteiger partial charge on any atom is -0.456 e. The molecule has 5 nitrogen and oxygen atoms in total. The molecule has 67 heavy (non-hydrogen) atoms. The fourth-order valence-electron chi connectivity index (χ4n) is 10.0. The van der Waals surface area contributed by atoms with Crippen LogP contribution in [0.3, 0.4) is 0 Å². The Morgan fingerprint density at radius 1 is 0.343 bits per heavy atom. The van der Waals surface area contributed by atoms with Crippen LogP contribution in [0.2, 0.25) is 0 Å².